The largest absolute Gasteiger partial charge is 0.369 e. The maximum absolute atomic E-state index is 12.5. The topological polar surface area (TPSA) is 97.3 Å². The second-order valence-electron chi connectivity index (χ2n) is 8.39. The highest BCUT2D eigenvalue weighted by Crippen LogP contribution is 2.54. The fourth-order valence-corrected chi connectivity index (χ4v) is 4.64. The van der Waals surface area contributed by atoms with Crippen molar-refractivity contribution in [3.8, 4) is 0 Å². The molecular weight excluding hydrogens is 320 g/mol. The molecule has 1 spiro atoms. The molecule has 8 heteroatoms. The summed E-state index contributed by atoms with van der Waals surface area (Å²) in [6.45, 7) is 2.76. The number of carbonyl (C=O) groups is 2. The molecule has 134 valence electrons. The Morgan fingerprint density at radius 2 is 1.92 bits per heavy atom. The van der Waals surface area contributed by atoms with Gasteiger partial charge in [-0.25, -0.2) is 14.5 Å². The van der Waals surface area contributed by atoms with Crippen LogP contribution in [0.5, 0.6) is 0 Å². The molecule has 4 aliphatic rings. The molecule has 3 amide bonds. The van der Waals surface area contributed by atoms with E-state index < -0.39 is 0 Å². The number of carbonyl (C=O) groups excluding carboxylic acids is 2. The molecule has 0 bridgehead atoms. The van der Waals surface area contributed by atoms with E-state index in [0.717, 1.165) is 31.8 Å². The fourth-order valence-electron chi connectivity index (χ4n) is 4.64. The number of nitrogens with two attached hydrogens (primary N) is 1. The summed E-state index contributed by atoms with van der Waals surface area (Å²) >= 11 is 0. The maximum atomic E-state index is 12.5. The first kappa shape index (κ1) is 15.2. The lowest BCUT2D eigenvalue weighted by Crippen LogP contribution is -2.65. The van der Waals surface area contributed by atoms with Gasteiger partial charge in [-0.2, -0.15) is 5.10 Å². The predicted molar refractivity (Wildman–Crippen MR) is 88.5 cm³/mol. The van der Waals surface area contributed by atoms with Gasteiger partial charge in [0.05, 0.1) is 12.0 Å². The van der Waals surface area contributed by atoms with Crippen LogP contribution in [0.4, 0.5) is 4.79 Å². The van der Waals surface area contributed by atoms with Crippen LogP contribution in [-0.2, 0) is 4.79 Å². The molecule has 1 aromatic heterocycles. The average Bonchev–Trinajstić information content (AvgIpc) is 3.05. The SMILES string of the molecule is NC(=O)[C@H]1CCN(C(=O)N2CC3(CC(n4cnc(C5CC5)n4)C3)C2)C1. The van der Waals surface area contributed by atoms with Crippen molar-refractivity contribution in [2.45, 2.75) is 44.1 Å². The molecule has 0 radical (unpaired) electrons. The second kappa shape index (κ2) is 5.19. The Bertz CT molecular complexity index is 712. The Morgan fingerprint density at radius 3 is 2.56 bits per heavy atom. The van der Waals surface area contributed by atoms with Crippen molar-refractivity contribution in [3.63, 3.8) is 0 Å². The Labute approximate surface area is 146 Å². The quantitative estimate of drug-likeness (QED) is 0.873. The second-order valence-corrected chi connectivity index (χ2v) is 8.39. The number of likely N-dealkylation sites (tertiary alicyclic amines) is 2. The Hall–Kier alpha value is -2.12. The van der Waals surface area contributed by atoms with Gasteiger partial charge in [0.25, 0.3) is 0 Å². The van der Waals surface area contributed by atoms with Gasteiger partial charge in [0.15, 0.2) is 5.82 Å². The van der Waals surface area contributed by atoms with Crippen molar-refractivity contribution in [2.24, 2.45) is 17.1 Å². The fraction of sp³-hybridized carbons (Fsp3) is 0.765. The van der Waals surface area contributed by atoms with E-state index in [1.807, 2.05) is 15.9 Å². The number of urea groups is 1. The molecule has 5 rings (SSSR count). The van der Waals surface area contributed by atoms with Gasteiger partial charge in [-0.3, -0.25) is 4.79 Å². The third kappa shape index (κ3) is 2.49. The molecule has 2 saturated carbocycles. The predicted octanol–water partition coefficient (Wildman–Crippen LogP) is 0.720. The minimum atomic E-state index is -0.296. The number of amides is 3. The summed E-state index contributed by atoms with van der Waals surface area (Å²) in [5.41, 5.74) is 5.62. The molecule has 2 aliphatic heterocycles. The summed E-state index contributed by atoms with van der Waals surface area (Å²) in [5.74, 6) is 1.12. The van der Waals surface area contributed by atoms with E-state index in [-0.39, 0.29) is 23.3 Å². The van der Waals surface area contributed by atoms with Gasteiger partial charge in [-0.05, 0) is 32.1 Å². The summed E-state index contributed by atoms with van der Waals surface area (Å²) in [7, 11) is 0. The normalized spacial score (nSPS) is 28.1. The standard InChI is InChI=1S/C17H24N6O2/c18-14(24)12-3-4-21(7-12)16(25)22-8-17(9-22)5-13(6-17)23-10-19-15(20-23)11-1-2-11/h10-13H,1-9H2,(H2,18,24)/t12-/m0/s1. The van der Waals surface area contributed by atoms with Crippen molar-refractivity contribution in [2.75, 3.05) is 26.2 Å². The first-order valence-electron chi connectivity index (χ1n) is 9.27. The van der Waals surface area contributed by atoms with Crippen molar-refractivity contribution < 1.29 is 9.59 Å². The summed E-state index contributed by atoms with van der Waals surface area (Å²) in [5, 5.41) is 4.63. The number of hydrogen-bond donors (Lipinski definition) is 1. The van der Waals surface area contributed by atoms with E-state index in [9.17, 15) is 9.59 Å². The van der Waals surface area contributed by atoms with Crippen LogP contribution in [0.15, 0.2) is 6.33 Å². The molecule has 1 aromatic rings. The van der Waals surface area contributed by atoms with Gasteiger partial charge < -0.3 is 15.5 Å². The van der Waals surface area contributed by atoms with Crippen LogP contribution >= 0.6 is 0 Å². The van der Waals surface area contributed by atoms with E-state index in [0.29, 0.717) is 31.5 Å². The monoisotopic (exact) mass is 344 g/mol. The van der Waals surface area contributed by atoms with Crippen molar-refractivity contribution >= 4 is 11.9 Å². The molecular formula is C17H24N6O2. The number of aromatic nitrogens is 3. The molecule has 2 aliphatic carbocycles. The molecule has 25 heavy (non-hydrogen) atoms. The summed E-state index contributed by atoms with van der Waals surface area (Å²) in [6.07, 6.45) is 7.17. The lowest BCUT2D eigenvalue weighted by molar-refractivity contribution is -0.121. The van der Waals surface area contributed by atoms with Crippen molar-refractivity contribution in [1.82, 2.24) is 24.6 Å². The average molecular weight is 344 g/mol. The smallest absolute Gasteiger partial charge is 0.320 e. The molecule has 3 heterocycles. The summed E-state index contributed by atoms with van der Waals surface area (Å²) in [4.78, 5) is 31.9. The maximum Gasteiger partial charge on any atom is 0.320 e. The minimum absolute atomic E-state index is 0.0644. The van der Waals surface area contributed by atoms with Crippen LogP contribution in [0, 0.1) is 11.3 Å². The zero-order valence-electron chi connectivity index (χ0n) is 14.3. The van der Waals surface area contributed by atoms with Crippen LogP contribution in [0.2, 0.25) is 0 Å². The van der Waals surface area contributed by atoms with Gasteiger partial charge in [0.1, 0.15) is 6.33 Å². The highest BCUT2D eigenvalue weighted by atomic mass is 16.2. The zero-order valence-corrected chi connectivity index (χ0v) is 14.3. The molecule has 8 nitrogen and oxygen atoms in total. The van der Waals surface area contributed by atoms with Gasteiger partial charge >= 0.3 is 6.03 Å². The van der Waals surface area contributed by atoms with Crippen LogP contribution < -0.4 is 5.73 Å². The van der Waals surface area contributed by atoms with Gasteiger partial charge in [0, 0.05) is 37.5 Å². The molecule has 2 N–H and O–H groups in total. The van der Waals surface area contributed by atoms with E-state index in [1.165, 1.54) is 12.8 Å². The van der Waals surface area contributed by atoms with E-state index in [1.54, 1.807) is 4.90 Å². The third-order valence-electron chi connectivity index (χ3n) is 6.36. The lowest BCUT2D eigenvalue weighted by Gasteiger charge is -2.59. The van der Waals surface area contributed by atoms with Gasteiger partial charge in [0.2, 0.25) is 5.91 Å². The Morgan fingerprint density at radius 1 is 1.16 bits per heavy atom. The number of primary amides is 1. The van der Waals surface area contributed by atoms with E-state index in [2.05, 4.69) is 10.1 Å². The minimum Gasteiger partial charge on any atom is -0.369 e. The zero-order chi connectivity index (χ0) is 17.2. The number of hydrogen-bond acceptors (Lipinski definition) is 4. The van der Waals surface area contributed by atoms with Crippen molar-refractivity contribution in [3.05, 3.63) is 12.2 Å². The van der Waals surface area contributed by atoms with Crippen molar-refractivity contribution in [1.29, 1.82) is 0 Å². The lowest BCUT2D eigenvalue weighted by atomic mass is 9.61. The van der Waals surface area contributed by atoms with Crippen LogP contribution in [0.25, 0.3) is 0 Å². The van der Waals surface area contributed by atoms with Gasteiger partial charge in [-0.1, -0.05) is 0 Å². The third-order valence-corrected chi connectivity index (χ3v) is 6.36. The van der Waals surface area contributed by atoms with Crippen LogP contribution in [0.1, 0.15) is 49.9 Å². The summed E-state index contributed by atoms with van der Waals surface area (Å²) in [6, 6.07) is 0.498. The first-order chi connectivity index (χ1) is 12.0. The van der Waals surface area contributed by atoms with E-state index in [4.69, 9.17) is 5.73 Å². The highest BCUT2D eigenvalue weighted by Gasteiger charge is 2.55. The molecule has 0 aromatic carbocycles. The number of rotatable bonds is 3. The summed E-state index contributed by atoms with van der Waals surface area (Å²) < 4.78 is 2.03. The van der Waals surface area contributed by atoms with Crippen LogP contribution in [-0.4, -0.2) is 62.7 Å². The number of nitrogens with zero attached hydrogens (tertiary/aromatic N) is 5. The first-order valence-corrected chi connectivity index (χ1v) is 9.27. The molecule has 0 unspecified atom stereocenters. The molecule has 4 fully saturated rings. The van der Waals surface area contributed by atoms with E-state index >= 15 is 0 Å². The highest BCUT2D eigenvalue weighted by molar-refractivity contribution is 5.80. The molecule has 1 atom stereocenters. The Kier molecular flexibility index (Phi) is 3.15. The van der Waals surface area contributed by atoms with Crippen LogP contribution in [0.3, 0.4) is 0 Å². The van der Waals surface area contributed by atoms with Gasteiger partial charge in [-0.15, -0.1) is 0 Å². The molecule has 2 saturated heterocycles. The Balaban J connectivity index is 1.12.